The maximum atomic E-state index is 11.8. The number of thiophene rings is 1. The Balaban J connectivity index is 1.81. The number of fused-ring (bicyclic) bond motifs is 1. The van der Waals surface area contributed by atoms with E-state index in [1.54, 1.807) is 23.1 Å². The van der Waals surface area contributed by atoms with Crippen molar-refractivity contribution in [2.45, 2.75) is 24.3 Å². The van der Waals surface area contributed by atoms with Crippen LogP contribution in [-0.2, 0) is 16.0 Å². The van der Waals surface area contributed by atoms with Crippen molar-refractivity contribution in [3.63, 3.8) is 0 Å². The third kappa shape index (κ3) is 2.65. The lowest BCUT2D eigenvalue weighted by Crippen LogP contribution is -2.68. The van der Waals surface area contributed by atoms with E-state index in [0.717, 1.165) is 15.8 Å². The molecule has 0 radical (unpaired) electrons. The number of aryl methyl sites for hydroxylation is 1. The van der Waals surface area contributed by atoms with Gasteiger partial charge in [-0.25, -0.2) is 4.79 Å². The van der Waals surface area contributed by atoms with E-state index in [0.29, 0.717) is 12.2 Å². The Morgan fingerprint density at radius 3 is 2.86 bits per heavy atom. The molecule has 0 aliphatic carbocycles. The average molecular weight is 389 g/mol. The second-order valence-corrected chi connectivity index (χ2v) is 8.55. The van der Waals surface area contributed by atoms with Gasteiger partial charge in [-0.2, -0.15) is 0 Å². The number of amides is 1. The molecule has 5 nitrogen and oxygen atoms in total. The molecule has 0 unspecified atom stereocenters. The highest BCUT2D eigenvalue weighted by molar-refractivity contribution is 9.11. The van der Waals surface area contributed by atoms with Crippen LogP contribution in [0.4, 0.5) is 0 Å². The first-order valence-electron chi connectivity index (χ1n) is 6.39. The molecule has 1 fully saturated rings. The summed E-state index contributed by atoms with van der Waals surface area (Å²) < 4.78 is 1.06. The van der Waals surface area contributed by atoms with Crippen LogP contribution in [-0.4, -0.2) is 39.1 Å². The second kappa shape index (κ2) is 5.75. The molecule has 0 aromatic carbocycles. The molecule has 2 aliphatic rings. The van der Waals surface area contributed by atoms with Crippen molar-refractivity contribution in [3.05, 3.63) is 32.1 Å². The van der Waals surface area contributed by atoms with Crippen molar-refractivity contribution in [1.82, 2.24) is 4.90 Å². The van der Waals surface area contributed by atoms with Crippen molar-refractivity contribution >= 4 is 50.9 Å². The average Bonchev–Trinajstić information content (AvgIpc) is 2.88. The number of carboxylic acid groups (broad SMARTS) is 1. The zero-order valence-corrected chi connectivity index (χ0v) is 14.1. The van der Waals surface area contributed by atoms with E-state index in [-0.39, 0.29) is 17.0 Å². The van der Waals surface area contributed by atoms with Gasteiger partial charge in [-0.3, -0.25) is 9.69 Å². The Kier molecular flexibility index (Phi) is 4.13. The highest BCUT2D eigenvalue weighted by atomic mass is 79.9. The van der Waals surface area contributed by atoms with Gasteiger partial charge in [0.25, 0.3) is 0 Å². The molecule has 3 rings (SSSR count). The van der Waals surface area contributed by atoms with Crippen molar-refractivity contribution < 1.29 is 14.7 Å². The first-order valence-corrected chi connectivity index (χ1v) is 9.04. The summed E-state index contributed by atoms with van der Waals surface area (Å²) in [5.74, 6) is -0.708. The van der Waals surface area contributed by atoms with Crippen LogP contribution in [0.1, 0.15) is 11.3 Å². The number of nitrogens with zero attached hydrogens (tertiary/aromatic N) is 1. The summed E-state index contributed by atoms with van der Waals surface area (Å²) in [5, 5.41) is 9.21. The smallest absolute Gasteiger partial charge is 0.352 e. The van der Waals surface area contributed by atoms with Crippen LogP contribution in [0.2, 0.25) is 0 Å². The van der Waals surface area contributed by atoms with Crippen LogP contribution in [0, 0.1) is 0 Å². The van der Waals surface area contributed by atoms with Crippen molar-refractivity contribution in [3.8, 4) is 0 Å². The van der Waals surface area contributed by atoms with E-state index in [1.165, 1.54) is 9.78 Å². The van der Waals surface area contributed by atoms with E-state index in [4.69, 9.17) is 5.73 Å². The number of carboxylic acids is 1. The van der Waals surface area contributed by atoms with Crippen LogP contribution in [0.5, 0.6) is 0 Å². The van der Waals surface area contributed by atoms with Gasteiger partial charge < -0.3 is 10.8 Å². The molecule has 2 aliphatic heterocycles. The van der Waals surface area contributed by atoms with Crippen LogP contribution >= 0.6 is 39.0 Å². The lowest BCUT2D eigenvalue weighted by Gasteiger charge is -2.48. The van der Waals surface area contributed by atoms with E-state index in [9.17, 15) is 14.7 Å². The van der Waals surface area contributed by atoms with Gasteiger partial charge in [-0.05, 0) is 46.5 Å². The Bertz CT molecular complexity index is 643. The molecule has 1 aromatic rings. The van der Waals surface area contributed by atoms with Gasteiger partial charge in [0.2, 0.25) is 5.91 Å². The molecule has 8 heteroatoms. The van der Waals surface area contributed by atoms with Gasteiger partial charge in [0, 0.05) is 10.6 Å². The van der Waals surface area contributed by atoms with Crippen molar-refractivity contribution in [2.75, 3.05) is 5.75 Å². The fourth-order valence-electron chi connectivity index (χ4n) is 2.53. The molecule has 0 spiro atoms. The highest BCUT2D eigenvalue weighted by Gasteiger charge is 2.51. The number of rotatable bonds is 4. The Labute approximate surface area is 138 Å². The largest absolute Gasteiger partial charge is 0.477 e. The standard InChI is InChI=1S/C13H13BrN2O3S2/c14-8-4-3-7(21-8)2-1-6-5-20-12-9(15)11(17)16(12)10(6)13(18)19/h3-4,9,12H,1-2,5,15H2,(H,18,19)/t9-,12+/m1/s1. The zero-order valence-electron chi connectivity index (χ0n) is 10.9. The third-order valence-corrected chi connectivity index (χ3v) is 6.64. The molecule has 2 atom stereocenters. The van der Waals surface area contributed by atoms with Gasteiger partial charge in [0.1, 0.15) is 17.1 Å². The molecular weight excluding hydrogens is 376 g/mol. The molecule has 3 heterocycles. The molecule has 21 heavy (non-hydrogen) atoms. The molecule has 112 valence electrons. The van der Waals surface area contributed by atoms with E-state index >= 15 is 0 Å². The summed E-state index contributed by atoms with van der Waals surface area (Å²) in [7, 11) is 0. The lowest BCUT2D eigenvalue weighted by molar-refractivity contribution is -0.148. The van der Waals surface area contributed by atoms with E-state index in [1.807, 2.05) is 12.1 Å². The Morgan fingerprint density at radius 2 is 2.24 bits per heavy atom. The van der Waals surface area contributed by atoms with Crippen LogP contribution in [0.25, 0.3) is 0 Å². The first kappa shape index (κ1) is 15.1. The van der Waals surface area contributed by atoms with Crippen LogP contribution in [0.15, 0.2) is 27.2 Å². The van der Waals surface area contributed by atoms with Gasteiger partial charge in [0.05, 0.1) is 3.79 Å². The van der Waals surface area contributed by atoms with Gasteiger partial charge in [-0.1, -0.05) is 0 Å². The third-order valence-electron chi connectivity index (χ3n) is 3.59. The normalized spacial score (nSPS) is 24.9. The minimum absolute atomic E-state index is 0.140. The maximum absolute atomic E-state index is 11.8. The number of carbonyl (C=O) groups is 2. The maximum Gasteiger partial charge on any atom is 0.352 e. The topological polar surface area (TPSA) is 83.6 Å². The number of thioether (sulfide) groups is 1. The number of β-lactam (4-membered cyclic amide) rings is 1. The van der Waals surface area contributed by atoms with Crippen LogP contribution < -0.4 is 5.73 Å². The highest BCUT2D eigenvalue weighted by Crippen LogP contribution is 2.40. The molecule has 1 amide bonds. The Morgan fingerprint density at radius 1 is 1.48 bits per heavy atom. The molecule has 0 bridgehead atoms. The number of nitrogens with two attached hydrogens (primary N) is 1. The van der Waals surface area contributed by atoms with Crippen LogP contribution in [0.3, 0.4) is 0 Å². The molecule has 1 saturated heterocycles. The number of hydrogen-bond acceptors (Lipinski definition) is 5. The minimum atomic E-state index is -1.04. The fraction of sp³-hybridized carbons (Fsp3) is 0.385. The van der Waals surface area contributed by atoms with E-state index < -0.39 is 12.0 Å². The van der Waals surface area contributed by atoms with Crippen molar-refractivity contribution in [1.29, 1.82) is 0 Å². The Hall–Kier alpha value is -0.830. The SMILES string of the molecule is N[C@@H]1C(=O)N2C(C(=O)O)=C(CCc3ccc(Br)s3)CS[C@@H]12. The molecule has 0 saturated carbocycles. The zero-order chi connectivity index (χ0) is 15.1. The van der Waals surface area contributed by atoms with Gasteiger partial charge in [-0.15, -0.1) is 23.1 Å². The summed E-state index contributed by atoms with van der Waals surface area (Å²) in [6.45, 7) is 0. The van der Waals surface area contributed by atoms with Crippen molar-refractivity contribution in [2.24, 2.45) is 5.73 Å². The lowest BCUT2D eigenvalue weighted by atomic mass is 10.0. The second-order valence-electron chi connectivity index (χ2n) is 4.90. The number of hydrogen-bond donors (Lipinski definition) is 2. The fourth-order valence-corrected chi connectivity index (χ4v) is 5.35. The predicted octanol–water partition coefficient (Wildman–Crippen LogP) is 2.02. The number of carbonyl (C=O) groups excluding carboxylic acids is 1. The van der Waals surface area contributed by atoms with Gasteiger partial charge in [0.15, 0.2) is 0 Å². The van der Waals surface area contributed by atoms with Gasteiger partial charge >= 0.3 is 5.97 Å². The summed E-state index contributed by atoms with van der Waals surface area (Å²) in [6.07, 6.45) is 1.43. The number of aliphatic carboxylic acids is 1. The predicted molar refractivity (Wildman–Crippen MR) is 86.1 cm³/mol. The monoisotopic (exact) mass is 388 g/mol. The quantitative estimate of drug-likeness (QED) is 0.770. The molecule has 3 N–H and O–H groups in total. The summed E-state index contributed by atoms with van der Waals surface area (Å²) >= 11 is 6.60. The summed E-state index contributed by atoms with van der Waals surface area (Å²) in [5.41, 5.74) is 6.67. The number of halogens is 1. The summed E-state index contributed by atoms with van der Waals surface area (Å²) in [6, 6.07) is 3.44. The van der Waals surface area contributed by atoms with E-state index in [2.05, 4.69) is 15.9 Å². The molecule has 1 aromatic heterocycles. The molecular formula is C13H13BrN2O3S2. The summed E-state index contributed by atoms with van der Waals surface area (Å²) in [4.78, 5) is 25.9. The first-order chi connectivity index (χ1) is 9.99. The minimum Gasteiger partial charge on any atom is -0.477 e.